The Hall–Kier alpha value is -3.17. The number of imide groups is 1. The molecule has 8 nitrogen and oxygen atoms in total. The molecule has 2 aliphatic heterocycles. The predicted molar refractivity (Wildman–Crippen MR) is 145 cm³/mol. The molecule has 38 heavy (non-hydrogen) atoms. The van der Waals surface area contributed by atoms with Crippen LogP contribution in [0.25, 0.3) is 6.08 Å². The van der Waals surface area contributed by atoms with Crippen LogP contribution in [0.5, 0.6) is 5.75 Å². The Morgan fingerprint density at radius 2 is 1.89 bits per heavy atom. The van der Waals surface area contributed by atoms with Crippen molar-refractivity contribution in [1.82, 2.24) is 0 Å². The first-order valence-corrected chi connectivity index (χ1v) is 13.0. The van der Waals surface area contributed by atoms with Crippen molar-refractivity contribution in [1.29, 1.82) is 0 Å². The van der Waals surface area contributed by atoms with Crippen molar-refractivity contribution >= 4 is 43.3 Å². The van der Waals surface area contributed by atoms with E-state index in [1.807, 2.05) is 26.0 Å². The van der Waals surface area contributed by atoms with Gasteiger partial charge < -0.3 is 24.8 Å². The summed E-state index contributed by atoms with van der Waals surface area (Å²) >= 11 is 0. The van der Waals surface area contributed by atoms with Crippen LogP contribution < -0.4 is 10.4 Å². The number of fused-ring (bicyclic) bond motifs is 3. The number of carbonyl (C=O) groups excluding carboxylic acids is 2. The van der Waals surface area contributed by atoms with Crippen molar-refractivity contribution in [3.05, 3.63) is 70.8 Å². The number of phenols is 1. The Morgan fingerprint density at radius 1 is 1.13 bits per heavy atom. The largest absolute Gasteiger partial charge is 0.508 e. The number of anilines is 1. The summed E-state index contributed by atoms with van der Waals surface area (Å²) in [6.45, 7) is 3.98. The summed E-state index contributed by atoms with van der Waals surface area (Å²) in [6.07, 6.45) is 3.62. The van der Waals surface area contributed by atoms with Crippen LogP contribution in [0, 0.1) is 17.8 Å². The zero-order valence-electron chi connectivity index (χ0n) is 21.4. The summed E-state index contributed by atoms with van der Waals surface area (Å²) < 4.78 is 5.98. The van der Waals surface area contributed by atoms with Crippen LogP contribution >= 0.6 is 0 Å². The van der Waals surface area contributed by atoms with Crippen molar-refractivity contribution < 1.29 is 34.4 Å². The van der Waals surface area contributed by atoms with Crippen LogP contribution in [-0.4, -0.2) is 52.3 Å². The number of benzene rings is 2. The SMILES string of the molecule is CC1=C2[C@@H](CC/C(C)=C/c3cccc(O)c3)OB(O)C[C@@H]2[C@@H]2C(=O)N(c3cccc(B(O)O)c3)C(=O)[C@@H]2C1. The molecule has 196 valence electrons. The van der Waals surface area contributed by atoms with Gasteiger partial charge >= 0.3 is 14.2 Å². The minimum Gasteiger partial charge on any atom is -0.508 e. The van der Waals surface area contributed by atoms with Gasteiger partial charge in [-0.3, -0.25) is 14.5 Å². The highest BCUT2D eigenvalue weighted by Gasteiger charge is 2.57. The number of hydrogen-bond donors (Lipinski definition) is 4. The predicted octanol–water partition coefficient (Wildman–Crippen LogP) is 2.28. The average Bonchev–Trinajstić information content (AvgIpc) is 3.11. The molecule has 1 aliphatic carbocycles. The quantitative estimate of drug-likeness (QED) is 0.264. The lowest BCUT2D eigenvalue weighted by Crippen LogP contribution is -2.46. The molecule has 3 aliphatic rings. The summed E-state index contributed by atoms with van der Waals surface area (Å²) in [7, 11) is -2.75. The van der Waals surface area contributed by atoms with Gasteiger partial charge in [-0.2, -0.15) is 0 Å². The molecule has 10 heteroatoms. The molecule has 0 spiro atoms. The molecular formula is C28H31B2NO7. The summed E-state index contributed by atoms with van der Waals surface area (Å²) in [4.78, 5) is 28.3. The standard InChI is InChI=1S/C28H31B2NO7/c1-16(11-18-5-3-8-21(32)13-18)9-10-24-25-17(2)12-22-26(23(25)15-29(35)38-24)28(34)31(27(22)33)20-7-4-6-19(14-20)30(36)37/h3-8,11,13-14,22-24,26,32,35-37H,9-10,12,15H2,1-2H3/b16-11+/t22-,23+,24-,26-/m1/s1. The summed E-state index contributed by atoms with van der Waals surface area (Å²) in [5.41, 5.74) is 4.52. The lowest BCUT2D eigenvalue weighted by molar-refractivity contribution is -0.122. The van der Waals surface area contributed by atoms with Gasteiger partial charge in [0.05, 0.1) is 23.6 Å². The van der Waals surface area contributed by atoms with Gasteiger partial charge in [-0.25, -0.2) is 0 Å². The van der Waals surface area contributed by atoms with Gasteiger partial charge in [0.2, 0.25) is 11.8 Å². The molecule has 2 amide bonds. The summed E-state index contributed by atoms with van der Waals surface area (Å²) in [5, 5.41) is 39.5. The fourth-order valence-corrected chi connectivity index (χ4v) is 6.33. The summed E-state index contributed by atoms with van der Waals surface area (Å²) in [6, 6.07) is 13.2. The molecule has 0 bridgehead atoms. The maximum atomic E-state index is 13.7. The van der Waals surface area contributed by atoms with E-state index in [2.05, 4.69) is 0 Å². The molecule has 4 N–H and O–H groups in total. The summed E-state index contributed by atoms with van der Waals surface area (Å²) in [5.74, 6) is -1.87. The molecule has 4 atom stereocenters. The molecule has 0 unspecified atom stereocenters. The minimum absolute atomic E-state index is 0.198. The third-order valence-corrected chi connectivity index (χ3v) is 7.96. The van der Waals surface area contributed by atoms with Gasteiger partial charge in [0.1, 0.15) is 5.75 Å². The number of amides is 2. The molecular weight excluding hydrogens is 484 g/mol. The van der Waals surface area contributed by atoms with E-state index in [1.165, 1.54) is 12.1 Å². The first-order chi connectivity index (χ1) is 18.1. The van der Waals surface area contributed by atoms with E-state index in [4.69, 9.17) is 4.65 Å². The molecule has 2 fully saturated rings. The second-order valence-corrected chi connectivity index (χ2v) is 10.6. The van der Waals surface area contributed by atoms with Gasteiger partial charge in [-0.15, -0.1) is 0 Å². The van der Waals surface area contributed by atoms with Crippen molar-refractivity contribution in [2.24, 2.45) is 17.8 Å². The van der Waals surface area contributed by atoms with E-state index in [1.54, 1.807) is 30.3 Å². The molecule has 0 radical (unpaired) electrons. The Bertz CT molecular complexity index is 1320. The van der Waals surface area contributed by atoms with Crippen LogP contribution in [0.1, 0.15) is 38.7 Å². The zero-order chi connectivity index (χ0) is 27.1. The molecule has 2 saturated heterocycles. The third-order valence-electron chi connectivity index (χ3n) is 7.96. The number of allylic oxidation sites excluding steroid dienone is 2. The van der Waals surface area contributed by atoms with Crippen LogP contribution in [0.2, 0.25) is 6.32 Å². The van der Waals surface area contributed by atoms with Crippen LogP contribution in [0.3, 0.4) is 0 Å². The number of hydrogen-bond acceptors (Lipinski definition) is 7. The van der Waals surface area contributed by atoms with Crippen molar-refractivity contribution in [2.75, 3.05) is 4.90 Å². The fraction of sp³-hybridized carbons (Fsp3) is 0.357. The van der Waals surface area contributed by atoms with E-state index in [0.717, 1.165) is 27.2 Å². The molecule has 0 saturated carbocycles. The van der Waals surface area contributed by atoms with Gasteiger partial charge in [0, 0.05) is 0 Å². The second kappa shape index (κ2) is 10.5. The monoisotopic (exact) mass is 515 g/mol. The topological polar surface area (TPSA) is 128 Å². The molecule has 2 aromatic carbocycles. The fourth-order valence-electron chi connectivity index (χ4n) is 6.33. The normalized spacial score (nSPS) is 25.6. The minimum atomic E-state index is -1.71. The Balaban J connectivity index is 1.39. The van der Waals surface area contributed by atoms with E-state index in [-0.39, 0.29) is 41.4 Å². The second-order valence-electron chi connectivity index (χ2n) is 10.6. The maximum absolute atomic E-state index is 13.7. The van der Waals surface area contributed by atoms with Crippen molar-refractivity contribution in [3.8, 4) is 5.75 Å². The van der Waals surface area contributed by atoms with Crippen LogP contribution in [0.15, 0.2) is 65.3 Å². The van der Waals surface area contributed by atoms with Crippen molar-refractivity contribution in [2.45, 2.75) is 45.5 Å². The molecule has 5 rings (SSSR count). The Morgan fingerprint density at radius 3 is 2.63 bits per heavy atom. The van der Waals surface area contributed by atoms with E-state index in [9.17, 15) is 29.8 Å². The molecule has 2 heterocycles. The van der Waals surface area contributed by atoms with E-state index < -0.39 is 26.1 Å². The lowest BCUT2D eigenvalue weighted by Gasteiger charge is -2.42. The molecule has 0 aromatic heterocycles. The number of phenolic OH excluding ortho intramolecular Hbond substituents is 1. The van der Waals surface area contributed by atoms with Crippen molar-refractivity contribution in [3.63, 3.8) is 0 Å². The number of rotatable bonds is 6. The number of carbonyl (C=O) groups is 2. The average molecular weight is 515 g/mol. The van der Waals surface area contributed by atoms with Gasteiger partial charge in [0.25, 0.3) is 0 Å². The maximum Gasteiger partial charge on any atom is 0.488 e. The zero-order valence-corrected chi connectivity index (χ0v) is 21.4. The Labute approximate surface area is 222 Å². The highest BCUT2D eigenvalue weighted by atomic mass is 16.5. The Kier molecular flexibility index (Phi) is 7.33. The van der Waals surface area contributed by atoms with Gasteiger partial charge in [-0.05, 0) is 86.2 Å². The highest BCUT2D eigenvalue weighted by molar-refractivity contribution is 6.58. The highest BCUT2D eigenvalue weighted by Crippen LogP contribution is 2.51. The lowest BCUT2D eigenvalue weighted by atomic mass is 9.59. The van der Waals surface area contributed by atoms with Gasteiger partial charge in [-0.1, -0.05) is 41.5 Å². The first kappa shape index (κ1) is 26.4. The van der Waals surface area contributed by atoms with Crippen LogP contribution in [0.4, 0.5) is 5.69 Å². The van der Waals surface area contributed by atoms with E-state index in [0.29, 0.717) is 24.9 Å². The van der Waals surface area contributed by atoms with Gasteiger partial charge in [0.15, 0.2) is 0 Å². The van der Waals surface area contributed by atoms with Crippen LogP contribution in [-0.2, 0) is 14.2 Å². The number of aromatic hydroxyl groups is 1. The third kappa shape index (κ3) is 4.97. The molecule has 2 aromatic rings. The smallest absolute Gasteiger partial charge is 0.488 e. The number of nitrogens with zero attached hydrogens (tertiary/aromatic N) is 1. The first-order valence-electron chi connectivity index (χ1n) is 13.0. The van der Waals surface area contributed by atoms with E-state index >= 15 is 0 Å².